The van der Waals surface area contributed by atoms with Gasteiger partial charge < -0.3 is 9.64 Å². The van der Waals surface area contributed by atoms with Crippen LogP contribution in [0.15, 0.2) is 22.7 Å². The van der Waals surface area contributed by atoms with Gasteiger partial charge in [-0.05, 0) is 63.9 Å². The third-order valence-corrected chi connectivity index (χ3v) is 4.34. The molecule has 1 fully saturated rings. The molecule has 1 heterocycles. The van der Waals surface area contributed by atoms with Crippen molar-refractivity contribution in [2.75, 3.05) is 26.2 Å². The Morgan fingerprint density at radius 3 is 2.68 bits per heavy atom. The molecule has 2 rings (SSSR count). The molecule has 3 nitrogen and oxygen atoms in total. The van der Waals surface area contributed by atoms with E-state index < -0.39 is 5.67 Å². The average Bonchev–Trinajstić information content (AvgIpc) is 2.45. The fraction of sp³-hybridized carbons (Fsp3) is 0.588. The normalized spacial score (nSPS) is 17.2. The van der Waals surface area contributed by atoms with Gasteiger partial charge in [0.1, 0.15) is 17.5 Å². The molecule has 1 aliphatic rings. The molecule has 0 spiro atoms. The van der Waals surface area contributed by atoms with Gasteiger partial charge >= 0.3 is 0 Å². The number of hydrogen-bond acceptors (Lipinski definition) is 3. The summed E-state index contributed by atoms with van der Waals surface area (Å²) in [6.07, 6.45) is 2.01. The predicted octanol–water partition coefficient (Wildman–Crippen LogP) is 4.16. The molecule has 0 unspecified atom stereocenters. The van der Waals surface area contributed by atoms with Gasteiger partial charge in [-0.3, -0.25) is 0 Å². The van der Waals surface area contributed by atoms with E-state index in [1.807, 2.05) is 12.1 Å². The topological polar surface area (TPSA) is 36.3 Å². The van der Waals surface area contributed by atoms with Crippen LogP contribution in [0.2, 0.25) is 0 Å². The molecule has 0 N–H and O–H groups in total. The molecule has 0 atom stereocenters. The summed E-state index contributed by atoms with van der Waals surface area (Å²) in [6, 6.07) is 7.57. The first kappa shape index (κ1) is 17.2. The van der Waals surface area contributed by atoms with Crippen molar-refractivity contribution in [1.82, 2.24) is 4.90 Å². The van der Waals surface area contributed by atoms with E-state index in [0.717, 1.165) is 30.4 Å². The maximum Gasteiger partial charge on any atom is 0.138 e. The van der Waals surface area contributed by atoms with Crippen LogP contribution in [0.5, 0.6) is 5.75 Å². The van der Waals surface area contributed by atoms with Crippen LogP contribution >= 0.6 is 15.9 Å². The van der Waals surface area contributed by atoms with E-state index in [-0.39, 0.29) is 0 Å². The van der Waals surface area contributed by atoms with E-state index in [2.05, 4.69) is 26.9 Å². The molecule has 0 aromatic heterocycles. The van der Waals surface area contributed by atoms with Crippen LogP contribution in [0.3, 0.4) is 0 Å². The molecule has 0 aliphatic carbocycles. The van der Waals surface area contributed by atoms with Crippen molar-refractivity contribution < 1.29 is 9.13 Å². The number of likely N-dealkylation sites (tertiary alicyclic amines) is 1. The Balaban J connectivity index is 1.82. The maximum atomic E-state index is 13.7. The molecule has 22 heavy (non-hydrogen) atoms. The van der Waals surface area contributed by atoms with E-state index in [9.17, 15) is 4.39 Å². The molecule has 5 heteroatoms. The molecule has 1 aliphatic heterocycles. The standard InChI is InChI=1S/C17H22BrFN2O/c1-17(2,19)12-21-7-5-13(6-8-21)11-22-16-9-15(18)4-3-14(16)10-20/h3-4,9,13H,5-8,11-12H2,1-2H3. The first-order chi connectivity index (χ1) is 10.4. The molecule has 1 saturated heterocycles. The molecule has 0 bridgehead atoms. The predicted molar refractivity (Wildman–Crippen MR) is 88.7 cm³/mol. The lowest BCUT2D eigenvalue weighted by atomic mass is 9.97. The highest BCUT2D eigenvalue weighted by Crippen LogP contribution is 2.26. The minimum Gasteiger partial charge on any atom is -0.492 e. The summed E-state index contributed by atoms with van der Waals surface area (Å²) in [6.45, 7) is 6.16. The highest BCUT2D eigenvalue weighted by atomic mass is 79.9. The van der Waals surface area contributed by atoms with E-state index in [4.69, 9.17) is 10.00 Å². The van der Waals surface area contributed by atoms with E-state index in [1.54, 1.807) is 19.9 Å². The highest BCUT2D eigenvalue weighted by Gasteiger charge is 2.25. The maximum absolute atomic E-state index is 13.7. The third kappa shape index (κ3) is 5.26. The van der Waals surface area contributed by atoms with Crippen LogP contribution < -0.4 is 4.74 Å². The van der Waals surface area contributed by atoms with Crippen molar-refractivity contribution in [3.05, 3.63) is 28.2 Å². The van der Waals surface area contributed by atoms with Crippen molar-refractivity contribution in [3.8, 4) is 11.8 Å². The summed E-state index contributed by atoms with van der Waals surface area (Å²) < 4.78 is 20.4. The van der Waals surface area contributed by atoms with E-state index >= 15 is 0 Å². The molecular formula is C17H22BrFN2O. The van der Waals surface area contributed by atoms with Gasteiger partial charge in [0.15, 0.2) is 0 Å². The molecule has 1 aromatic rings. The van der Waals surface area contributed by atoms with Gasteiger partial charge in [-0.25, -0.2) is 4.39 Å². The Hall–Kier alpha value is -1.12. The van der Waals surface area contributed by atoms with Crippen LogP contribution in [0.4, 0.5) is 4.39 Å². The number of benzene rings is 1. The molecule has 0 saturated carbocycles. The number of nitriles is 1. The number of ether oxygens (including phenoxy) is 1. The molecule has 1 aromatic carbocycles. The van der Waals surface area contributed by atoms with Crippen LogP contribution in [-0.4, -0.2) is 36.8 Å². The van der Waals surface area contributed by atoms with Crippen molar-refractivity contribution in [3.63, 3.8) is 0 Å². The summed E-state index contributed by atoms with van der Waals surface area (Å²) in [4.78, 5) is 2.18. The zero-order valence-corrected chi connectivity index (χ0v) is 14.7. The van der Waals surface area contributed by atoms with Gasteiger partial charge in [0, 0.05) is 11.0 Å². The van der Waals surface area contributed by atoms with Crippen LogP contribution in [0.1, 0.15) is 32.3 Å². The molecular weight excluding hydrogens is 347 g/mol. The number of hydrogen-bond donors (Lipinski definition) is 0. The Morgan fingerprint density at radius 1 is 1.41 bits per heavy atom. The van der Waals surface area contributed by atoms with Gasteiger partial charge in [0.2, 0.25) is 0 Å². The average molecular weight is 369 g/mol. The van der Waals surface area contributed by atoms with Gasteiger partial charge in [0.25, 0.3) is 0 Å². The van der Waals surface area contributed by atoms with Gasteiger partial charge in [-0.1, -0.05) is 15.9 Å². The van der Waals surface area contributed by atoms with E-state index in [1.165, 1.54) is 0 Å². The van der Waals surface area contributed by atoms with Crippen molar-refractivity contribution >= 4 is 15.9 Å². The zero-order chi connectivity index (χ0) is 16.2. The van der Waals surface area contributed by atoms with Crippen LogP contribution in [0.25, 0.3) is 0 Å². The van der Waals surface area contributed by atoms with E-state index in [0.29, 0.717) is 30.4 Å². The first-order valence-electron chi connectivity index (χ1n) is 7.61. The summed E-state index contributed by atoms with van der Waals surface area (Å²) in [5.41, 5.74) is -0.582. The summed E-state index contributed by atoms with van der Waals surface area (Å²) in [5, 5.41) is 9.10. The Bertz CT molecular complexity index is 543. The second kappa shape index (κ2) is 7.43. The summed E-state index contributed by atoms with van der Waals surface area (Å²) in [5.74, 6) is 1.09. The minimum atomic E-state index is -1.14. The number of nitrogens with zero attached hydrogens (tertiary/aromatic N) is 2. The third-order valence-electron chi connectivity index (χ3n) is 3.85. The highest BCUT2D eigenvalue weighted by molar-refractivity contribution is 9.10. The Morgan fingerprint density at radius 2 is 2.09 bits per heavy atom. The number of rotatable bonds is 5. The largest absolute Gasteiger partial charge is 0.492 e. The Kier molecular flexibility index (Phi) is 5.82. The quantitative estimate of drug-likeness (QED) is 0.782. The molecule has 120 valence electrons. The summed E-state index contributed by atoms with van der Waals surface area (Å²) >= 11 is 3.40. The first-order valence-corrected chi connectivity index (χ1v) is 8.40. The Labute approximate surface area is 140 Å². The number of halogens is 2. The molecule has 0 radical (unpaired) electrons. The molecule has 0 amide bonds. The SMILES string of the molecule is CC(C)(F)CN1CCC(COc2cc(Br)ccc2C#N)CC1. The lowest BCUT2D eigenvalue weighted by molar-refractivity contribution is 0.0836. The van der Waals surface area contributed by atoms with Crippen LogP contribution in [-0.2, 0) is 0 Å². The number of alkyl halides is 1. The van der Waals surface area contributed by atoms with Crippen molar-refractivity contribution in [1.29, 1.82) is 5.26 Å². The smallest absolute Gasteiger partial charge is 0.138 e. The monoisotopic (exact) mass is 368 g/mol. The lowest BCUT2D eigenvalue weighted by Crippen LogP contribution is -2.41. The lowest BCUT2D eigenvalue weighted by Gasteiger charge is -2.34. The van der Waals surface area contributed by atoms with Gasteiger partial charge in [-0.2, -0.15) is 5.26 Å². The van der Waals surface area contributed by atoms with Gasteiger partial charge in [0.05, 0.1) is 12.2 Å². The van der Waals surface area contributed by atoms with Crippen LogP contribution in [0, 0.1) is 17.2 Å². The van der Waals surface area contributed by atoms with Gasteiger partial charge in [-0.15, -0.1) is 0 Å². The summed E-state index contributed by atoms with van der Waals surface area (Å²) in [7, 11) is 0. The van der Waals surface area contributed by atoms with Crippen molar-refractivity contribution in [2.24, 2.45) is 5.92 Å². The minimum absolute atomic E-state index is 0.462. The number of piperidine rings is 1. The van der Waals surface area contributed by atoms with Crippen molar-refractivity contribution in [2.45, 2.75) is 32.4 Å². The zero-order valence-electron chi connectivity index (χ0n) is 13.1. The second-order valence-corrected chi connectivity index (χ2v) is 7.42. The second-order valence-electron chi connectivity index (χ2n) is 6.50. The fourth-order valence-corrected chi connectivity index (χ4v) is 3.10. The fourth-order valence-electron chi connectivity index (χ4n) is 2.76.